The zero-order valence-corrected chi connectivity index (χ0v) is 42.4. The lowest BCUT2D eigenvalue weighted by atomic mass is 9.82. The van der Waals surface area contributed by atoms with Crippen LogP contribution in [0.3, 0.4) is 0 Å². The van der Waals surface area contributed by atoms with Gasteiger partial charge in [0.15, 0.2) is 0 Å². The van der Waals surface area contributed by atoms with Crippen molar-refractivity contribution >= 4 is 11.9 Å². The van der Waals surface area contributed by atoms with Crippen molar-refractivity contribution in [1.82, 2.24) is 9.97 Å². The van der Waals surface area contributed by atoms with Crippen LogP contribution in [-0.4, -0.2) is 50.3 Å². The Kier molecular flexibility index (Phi) is 15.0. The van der Waals surface area contributed by atoms with E-state index in [1.54, 1.807) is 26.4 Å². The van der Waals surface area contributed by atoms with E-state index < -0.39 is 0 Å². The maximum atomic E-state index is 14.5. The molecule has 10 rings (SSSR count). The molecule has 0 saturated heterocycles. The van der Waals surface area contributed by atoms with Gasteiger partial charge in [0.2, 0.25) is 0 Å². The van der Waals surface area contributed by atoms with Crippen molar-refractivity contribution in [3.63, 3.8) is 0 Å². The Morgan fingerprint density at radius 2 is 0.944 bits per heavy atom. The smallest absolute Gasteiger partial charge is 0.309 e. The number of aromatic nitrogens is 2. The fourth-order valence-corrected chi connectivity index (χ4v) is 10.9. The van der Waals surface area contributed by atoms with E-state index in [1.165, 1.54) is 37.7 Å². The molecule has 2 aliphatic heterocycles. The normalized spacial score (nSPS) is 18.5. The van der Waals surface area contributed by atoms with E-state index in [2.05, 4.69) is 46.4 Å². The average molecular weight is 979 g/mol. The van der Waals surface area contributed by atoms with Gasteiger partial charge in [0.1, 0.15) is 46.8 Å². The second kappa shape index (κ2) is 21.5. The van der Waals surface area contributed by atoms with Crippen LogP contribution in [0.1, 0.15) is 121 Å². The maximum absolute atomic E-state index is 14.5. The molecule has 376 valence electrons. The molecule has 0 bridgehead atoms. The third-order valence-electron chi connectivity index (χ3n) is 15.1. The Balaban J connectivity index is 0.000000178. The molecular weight excluding hydrogens is 915 g/mol. The number of ether oxygens (including phenoxy) is 6. The van der Waals surface area contributed by atoms with Crippen LogP contribution in [0.4, 0.5) is 8.78 Å². The number of methoxy groups -OCH3 is 4. The number of esters is 2. The molecule has 4 heterocycles. The summed E-state index contributed by atoms with van der Waals surface area (Å²) < 4.78 is 63.4. The highest BCUT2D eigenvalue weighted by Gasteiger charge is 2.41. The van der Waals surface area contributed by atoms with E-state index >= 15 is 0 Å². The minimum absolute atomic E-state index is 0.129. The molecule has 0 unspecified atom stereocenters. The number of hydrogen-bond donors (Lipinski definition) is 0. The lowest BCUT2D eigenvalue weighted by molar-refractivity contribution is -0.146. The summed E-state index contributed by atoms with van der Waals surface area (Å²) in [4.78, 5) is 32.7. The van der Waals surface area contributed by atoms with E-state index in [0.29, 0.717) is 45.6 Å². The first-order valence-corrected chi connectivity index (χ1v) is 25.1. The monoisotopic (exact) mass is 978 g/mol. The van der Waals surface area contributed by atoms with Gasteiger partial charge in [-0.05, 0) is 159 Å². The largest absolute Gasteiger partial charge is 0.496 e. The van der Waals surface area contributed by atoms with Gasteiger partial charge in [0.05, 0.1) is 52.7 Å². The van der Waals surface area contributed by atoms with Crippen molar-refractivity contribution < 1.29 is 46.8 Å². The molecule has 0 radical (unpaired) electrons. The number of aryl methyl sites for hydroxylation is 4. The van der Waals surface area contributed by atoms with Gasteiger partial charge in [-0.25, -0.2) is 8.78 Å². The third-order valence-corrected chi connectivity index (χ3v) is 15.1. The topological polar surface area (TPSA) is 115 Å². The van der Waals surface area contributed by atoms with Crippen LogP contribution in [0.15, 0.2) is 97.3 Å². The van der Waals surface area contributed by atoms with Crippen molar-refractivity contribution in [3.05, 3.63) is 154 Å². The standard InChI is InChI=1S/2C30H32FNO4/c2*1-17-13-24(25(31)16-32-17)23-11-9-21(14-28(23)34-3)26-12-10-19-5-8-22(15-27(19)36-26)29(20-6-7-20)18(2)30(33)35-4/h2*5,8-9,11,13-16,18,20,26,29H,6-7,10,12H2,1-4H3/t18-,26+,29-;18-,26-,29-/m00/s1. The summed E-state index contributed by atoms with van der Waals surface area (Å²) in [5.41, 5.74) is 10.4. The molecule has 2 fully saturated rings. The fourth-order valence-electron chi connectivity index (χ4n) is 10.9. The Bertz CT molecular complexity index is 2770. The fraction of sp³-hybridized carbons (Fsp3) is 0.400. The molecular formula is C60H64F2N2O8. The van der Waals surface area contributed by atoms with Gasteiger partial charge in [-0.3, -0.25) is 19.6 Å². The Morgan fingerprint density at radius 3 is 1.31 bits per heavy atom. The summed E-state index contributed by atoms with van der Waals surface area (Å²) >= 11 is 0. The molecule has 0 spiro atoms. The highest BCUT2D eigenvalue weighted by molar-refractivity contribution is 5.75. The summed E-state index contributed by atoms with van der Waals surface area (Å²) in [7, 11) is 6.09. The predicted molar refractivity (Wildman–Crippen MR) is 271 cm³/mol. The third kappa shape index (κ3) is 10.7. The van der Waals surface area contributed by atoms with Crippen molar-refractivity contribution in [2.45, 2.75) is 103 Å². The van der Waals surface area contributed by atoms with Gasteiger partial charge >= 0.3 is 11.9 Å². The average Bonchev–Trinajstić information content (AvgIpc) is 4.37. The summed E-state index contributed by atoms with van der Waals surface area (Å²) in [5.74, 6) is 2.70. The number of carbonyl (C=O) groups is 2. The van der Waals surface area contributed by atoms with Crippen molar-refractivity contribution in [3.8, 4) is 45.3 Å². The second-order valence-electron chi connectivity index (χ2n) is 19.9. The molecule has 2 aliphatic carbocycles. The van der Waals surface area contributed by atoms with Gasteiger partial charge in [-0.1, -0.05) is 62.4 Å². The summed E-state index contributed by atoms with van der Waals surface area (Å²) in [6.07, 6.45) is 10.2. The summed E-state index contributed by atoms with van der Waals surface area (Å²) in [5, 5.41) is 0. The maximum Gasteiger partial charge on any atom is 0.309 e. The number of halogens is 2. The molecule has 4 aliphatic rings. The lowest BCUT2D eigenvalue weighted by Gasteiger charge is -2.29. The Labute approximate surface area is 421 Å². The molecule has 4 aromatic carbocycles. The van der Waals surface area contributed by atoms with Crippen LogP contribution < -0.4 is 18.9 Å². The SMILES string of the molecule is COC(=O)[C@@H](C)[C@H](c1ccc2c(c1)O[C@@H](c1ccc(-c3cc(C)ncc3F)c(OC)c1)CC2)C1CC1.COC(=O)[C@@H](C)[C@H](c1ccc2c(c1)O[C@H](c1ccc(-c3cc(C)ncc3F)c(OC)c1)CC2)C1CC1. The first-order valence-electron chi connectivity index (χ1n) is 25.1. The highest BCUT2D eigenvalue weighted by atomic mass is 19.1. The zero-order valence-electron chi connectivity index (χ0n) is 42.4. The second-order valence-corrected chi connectivity index (χ2v) is 19.9. The van der Waals surface area contributed by atoms with Crippen molar-refractivity contribution in [2.75, 3.05) is 28.4 Å². The number of benzene rings is 4. The van der Waals surface area contributed by atoms with Crippen LogP contribution >= 0.6 is 0 Å². The molecule has 12 heteroatoms. The number of rotatable bonds is 14. The highest BCUT2D eigenvalue weighted by Crippen LogP contribution is 2.50. The molecule has 6 atom stereocenters. The van der Waals surface area contributed by atoms with Gasteiger partial charge < -0.3 is 28.4 Å². The van der Waals surface area contributed by atoms with Crippen molar-refractivity contribution in [2.24, 2.45) is 23.7 Å². The quantitative estimate of drug-likeness (QED) is 0.0977. The van der Waals surface area contributed by atoms with Crippen molar-refractivity contribution in [1.29, 1.82) is 0 Å². The molecule has 2 aromatic heterocycles. The molecule has 2 saturated carbocycles. The molecule has 0 N–H and O–H groups in total. The Hall–Kier alpha value is -6.82. The number of carbonyl (C=O) groups excluding carboxylic acids is 2. The van der Waals surface area contributed by atoms with E-state index in [1.807, 2.05) is 64.1 Å². The van der Waals surface area contributed by atoms with Gasteiger partial charge in [0, 0.05) is 33.6 Å². The zero-order chi connectivity index (χ0) is 50.8. The number of hydrogen-bond acceptors (Lipinski definition) is 10. The number of fused-ring (bicyclic) bond motifs is 2. The molecule has 0 amide bonds. The first-order chi connectivity index (χ1) is 34.8. The van der Waals surface area contributed by atoms with Crippen LogP contribution in [0, 0.1) is 49.2 Å². The van der Waals surface area contributed by atoms with E-state index in [4.69, 9.17) is 28.4 Å². The predicted octanol–water partition coefficient (Wildman–Crippen LogP) is 13.1. The summed E-state index contributed by atoms with van der Waals surface area (Å²) in [6, 6.07) is 27.9. The minimum Gasteiger partial charge on any atom is -0.496 e. The van der Waals surface area contributed by atoms with Gasteiger partial charge in [-0.2, -0.15) is 0 Å². The van der Waals surface area contributed by atoms with E-state index in [9.17, 15) is 18.4 Å². The summed E-state index contributed by atoms with van der Waals surface area (Å²) in [6.45, 7) is 7.59. The van der Waals surface area contributed by atoms with Crippen LogP contribution in [-0.2, 0) is 31.9 Å². The molecule has 72 heavy (non-hydrogen) atoms. The van der Waals surface area contributed by atoms with Crippen LogP contribution in [0.2, 0.25) is 0 Å². The lowest BCUT2D eigenvalue weighted by Crippen LogP contribution is -2.23. The minimum atomic E-state index is -0.381. The van der Waals surface area contributed by atoms with E-state index in [-0.39, 0.29) is 59.5 Å². The Morgan fingerprint density at radius 1 is 0.542 bits per heavy atom. The number of pyridine rings is 2. The number of nitrogens with zero attached hydrogens (tertiary/aromatic N) is 2. The van der Waals surface area contributed by atoms with Crippen LogP contribution in [0.5, 0.6) is 23.0 Å². The van der Waals surface area contributed by atoms with Crippen LogP contribution in [0.25, 0.3) is 22.3 Å². The molecule has 10 nitrogen and oxygen atoms in total. The van der Waals surface area contributed by atoms with Gasteiger partial charge in [0.25, 0.3) is 0 Å². The first kappa shape index (κ1) is 50.1. The molecule has 6 aromatic rings. The van der Waals surface area contributed by atoms with E-state index in [0.717, 1.165) is 96.5 Å². The van der Waals surface area contributed by atoms with Gasteiger partial charge in [-0.15, -0.1) is 0 Å².